The molecule has 1 heterocycles. The van der Waals surface area contributed by atoms with Crippen LogP contribution >= 0.6 is 23.2 Å². The Morgan fingerprint density at radius 2 is 1.79 bits per heavy atom. The molecule has 10 heteroatoms. The highest BCUT2D eigenvalue weighted by atomic mass is 35.5. The molecule has 2 aromatic rings. The van der Waals surface area contributed by atoms with Gasteiger partial charge in [-0.3, -0.25) is 4.79 Å². The Kier molecular flexibility index (Phi) is 7.37. The lowest BCUT2D eigenvalue weighted by molar-refractivity contribution is -0.116. The maximum Gasteiger partial charge on any atom is 0.243 e. The fourth-order valence-electron chi connectivity index (χ4n) is 2.70. The van der Waals surface area contributed by atoms with Crippen LogP contribution < -0.4 is 10.1 Å². The standard InChI is InChI=1S/C19H20Cl2N2O5S/c20-14-1-3-15(4-2-14)28-10-7-19(24)22-18-13-16(5-6-17(18)21)29(25,26)23-8-11-27-12-9-23/h1-6,13H,7-12H2,(H,22,24). The topological polar surface area (TPSA) is 84.9 Å². The number of hydrogen-bond acceptors (Lipinski definition) is 5. The molecule has 1 aliphatic heterocycles. The summed E-state index contributed by atoms with van der Waals surface area (Å²) in [7, 11) is -3.69. The Hall–Kier alpha value is -1.84. The molecule has 156 valence electrons. The maximum absolute atomic E-state index is 12.8. The van der Waals surface area contributed by atoms with Gasteiger partial charge in [-0.15, -0.1) is 0 Å². The van der Waals surface area contributed by atoms with E-state index in [0.717, 1.165) is 0 Å². The van der Waals surface area contributed by atoms with E-state index in [1.165, 1.54) is 22.5 Å². The fraction of sp³-hybridized carbons (Fsp3) is 0.316. The van der Waals surface area contributed by atoms with Crippen molar-refractivity contribution in [1.29, 1.82) is 0 Å². The Labute approximate surface area is 179 Å². The summed E-state index contributed by atoms with van der Waals surface area (Å²) in [6.07, 6.45) is 0.0688. The number of morpholine rings is 1. The largest absolute Gasteiger partial charge is 0.493 e. The number of amides is 1. The average Bonchev–Trinajstić information content (AvgIpc) is 2.71. The SMILES string of the molecule is O=C(CCOc1ccc(Cl)cc1)Nc1cc(S(=O)(=O)N2CCOCC2)ccc1Cl. The van der Waals surface area contributed by atoms with Crippen molar-refractivity contribution < 1.29 is 22.7 Å². The summed E-state index contributed by atoms with van der Waals surface area (Å²) in [6, 6.07) is 11.0. The third-order valence-electron chi connectivity index (χ3n) is 4.23. The Morgan fingerprint density at radius 3 is 2.48 bits per heavy atom. The van der Waals surface area contributed by atoms with Crippen molar-refractivity contribution in [2.24, 2.45) is 0 Å². The minimum absolute atomic E-state index is 0.0662. The van der Waals surface area contributed by atoms with Crippen LogP contribution in [0.15, 0.2) is 47.4 Å². The Bertz CT molecular complexity index is 961. The highest BCUT2D eigenvalue weighted by Crippen LogP contribution is 2.27. The third kappa shape index (κ3) is 5.83. The minimum atomic E-state index is -3.69. The number of carbonyl (C=O) groups is 1. The first-order chi connectivity index (χ1) is 13.9. The number of halogens is 2. The molecule has 7 nitrogen and oxygen atoms in total. The number of nitrogens with zero attached hydrogens (tertiary/aromatic N) is 1. The van der Waals surface area contributed by atoms with Gasteiger partial charge in [-0.1, -0.05) is 23.2 Å². The van der Waals surface area contributed by atoms with E-state index in [1.54, 1.807) is 24.3 Å². The molecule has 3 rings (SSSR count). The molecule has 0 atom stereocenters. The van der Waals surface area contributed by atoms with E-state index < -0.39 is 10.0 Å². The van der Waals surface area contributed by atoms with E-state index in [0.29, 0.717) is 24.0 Å². The summed E-state index contributed by atoms with van der Waals surface area (Å²) < 4.78 is 37.6. The average molecular weight is 459 g/mol. The molecule has 1 fully saturated rings. The van der Waals surface area contributed by atoms with Gasteiger partial charge in [0.2, 0.25) is 15.9 Å². The van der Waals surface area contributed by atoms with Crippen molar-refractivity contribution in [3.8, 4) is 5.75 Å². The van der Waals surface area contributed by atoms with Gasteiger partial charge in [0.25, 0.3) is 0 Å². The number of ether oxygens (including phenoxy) is 2. The molecular weight excluding hydrogens is 439 g/mol. The predicted molar refractivity (Wildman–Crippen MR) is 111 cm³/mol. The lowest BCUT2D eigenvalue weighted by Crippen LogP contribution is -2.40. The van der Waals surface area contributed by atoms with Gasteiger partial charge < -0.3 is 14.8 Å². The van der Waals surface area contributed by atoms with E-state index in [-0.39, 0.29) is 47.6 Å². The quantitative estimate of drug-likeness (QED) is 0.686. The molecule has 0 bridgehead atoms. The van der Waals surface area contributed by atoms with Crippen molar-refractivity contribution in [1.82, 2.24) is 4.31 Å². The van der Waals surface area contributed by atoms with Gasteiger partial charge in [0.15, 0.2) is 0 Å². The number of sulfonamides is 1. The molecule has 1 N–H and O–H groups in total. The monoisotopic (exact) mass is 458 g/mol. The second-order valence-corrected chi connectivity index (χ2v) is 9.04. The van der Waals surface area contributed by atoms with E-state index in [1.807, 2.05) is 0 Å². The van der Waals surface area contributed by atoms with Crippen LogP contribution in [0.2, 0.25) is 10.0 Å². The van der Waals surface area contributed by atoms with Crippen LogP contribution in [0.5, 0.6) is 5.75 Å². The Morgan fingerprint density at radius 1 is 1.10 bits per heavy atom. The first-order valence-corrected chi connectivity index (χ1v) is 11.1. The smallest absolute Gasteiger partial charge is 0.243 e. The summed E-state index contributed by atoms with van der Waals surface area (Å²) in [5.74, 6) is 0.251. The summed E-state index contributed by atoms with van der Waals surface area (Å²) in [4.78, 5) is 12.3. The van der Waals surface area contributed by atoms with Gasteiger partial charge in [-0.05, 0) is 42.5 Å². The first-order valence-electron chi connectivity index (χ1n) is 8.92. The molecule has 0 aromatic heterocycles. The summed E-state index contributed by atoms with van der Waals surface area (Å²) in [5.41, 5.74) is 0.234. The van der Waals surface area contributed by atoms with Crippen LogP contribution in [-0.4, -0.2) is 51.5 Å². The van der Waals surface area contributed by atoms with Crippen LogP contribution in [0.1, 0.15) is 6.42 Å². The lowest BCUT2D eigenvalue weighted by Gasteiger charge is -2.26. The van der Waals surface area contributed by atoms with E-state index in [4.69, 9.17) is 32.7 Å². The molecule has 2 aromatic carbocycles. The van der Waals surface area contributed by atoms with Gasteiger partial charge in [-0.2, -0.15) is 4.31 Å². The van der Waals surface area contributed by atoms with Gasteiger partial charge >= 0.3 is 0 Å². The number of rotatable bonds is 7. The van der Waals surface area contributed by atoms with Gasteiger partial charge in [0.1, 0.15) is 5.75 Å². The van der Waals surface area contributed by atoms with Crippen molar-refractivity contribution in [3.05, 3.63) is 52.5 Å². The van der Waals surface area contributed by atoms with Crippen molar-refractivity contribution >= 4 is 44.8 Å². The molecule has 1 amide bonds. The summed E-state index contributed by atoms with van der Waals surface area (Å²) in [6.45, 7) is 1.42. The Balaban J connectivity index is 1.61. The van der Waals surface area contributed by atoms with E-state index in [9.17, 15) is 13.2 Å². The van der Waals surface area contributed by atoms with Crippen molar-refractivity contribution in [3.63, 3.8) is 0 Å². The highest BCUT2D eigenvalue weighted by Gasteiger charge is 2.27. The maximum atomic E-state index is 12.8. The van der Waals surface area contributed by atoms with Crippen molar-refractivity contribution in [2.45, 2.75) is 11.3 Å². The first kappa shape index (κ1) is 21.9. The number of benzene rings is 2. The van der Waals surface area contributed by atoms with Crippen LogP contribution in [0.25, 0.3) is 0 Å². The lowest BCUT2D eigenvalue weighted by atomic mass is 10.3. The molecule has 0 aliphatic carbocycles. The summed E-state index contributed by atoms with van der Waals surface area (Å²) >= 11 is 11.9. The van der Waals surface area contributed by atoms with E-state index in [2.05, 4.69) is 5.32 Å². The summed E-state index contributed by atoms with van der Waals surface area (Å²) in [5, 5.41) is 3.48. The molecule has 0 radical (unpaired) electrons. The van der Waals surface area contributed by atoms with Crippen LogP contribution in [-0.2, 0) is 19.6 Å². The molecule has 0 unspecified atom stereocenters. The normalized spacial score (nSPS) is 15.1. The molecular formula is C19H20Cl2N2O5S. The van der Waals surface area contributed by atoms with Gasteiger partial charge in [0, 0.05) is 18.1 Å². The zero-order valence-corrected chi connectivity index (χ0v) is 17.8. The van der Waals surface area contributed by atoms with Crippen molar-refractivity contribution in [2.75, 3.05) is 38.2 Å². The van der Waals surface area contributed by atoms with Crippen LogP contribution in [0.3, 0.4) is 0 Å². The number of carbonyl (C=O) groups excluding carboxylic acids is 1. The minimum Gasteiger partial charge on any atom is -0.493 e. The molecule has 0 spiro atoms. The van der Waals surface area contributed by atoms with Crippen LogP contribution in [0, 0.1) is 0 Å². The van der Waals surface area contributed by atoms with Gasteiger partial charge in [0.05, 0.1) is 41.8 Å². The predicted octanol–water partition coefficient (Wildman–Crippen LogP) is 3.42. The molecule has 29 heavy (non-hydrogen) atoms. The zero-order chi connectivity index (χ0) is 20.9. The molecule has 1 aliphatic rings. The van der Waals surface area contributed by atoms with E-state index >= 15 is 0 Å². The highest BCUT2D eigenvalue weighted by molar-refractivity contribution is 7.89. The third-order valence-corrected chi connectivity index (χ3v) is 6.71. The zero-order valence-electron chi connectivity index (χ0n) is 15.4. The van der Waals surface area contributed by atoms with Crippen LogP contribution in [0.4, 0.5) is 5.69 Å². The van der Waals surface area contributed by atoms with Gasteiger partial charge in [-0.25, -0.2) is 8.42 Å². The molecule has 1 saturated heterocycles. The second-order valence-electron chi connectivity index (χ2n) is 6.26. The number of hydrogen-bond donors (Lipinski definition) is 1. The number of nitrogens with one attached hydrogen (secondary N) is 1. The molecule has 0 saturated carbocycles. The second kappa shape index (κ2) is 9.77. The number of anilines is 1. The fourth-order valence-corrected chi connectivity index (χ4v) is 4.43.